The second kappa shape index (κ2) is 11.4. The molecule has 1 aliphatic heterocycles. The van der Waals surface area contributed by atoms with Gasteiger partial charge >= 0.3 is 18.4 Å². The number of likely N-dealkylation sites (tertiary alicyclic amines) is 1. The monoisotopic (exact) mass is 617 g/mol. The van der Waals surface area contributed by atoms with Crippen molar-refractivity contribution in [3.8, 4) is 0 Å². The van der Waals surface area contributed by atoms with Gasteiger partial charge in [-0.1, -0.05) is 77.8 Å². The van der Waals surface area contributed by atoms with Gasteiger partial charge in [0.05, 0.1) is 34.3 Å². The molecule has 1 heterocycles. The van der Waals surface area contributed by atoms with E-state index in [1.54, 1.807) is 24.3 Å². The Morgan fingerprint density at radius 3 is 2.10 bits per heavy atom. The van der Waals surface area contributed by atoms with Crippen molar-refractivity contribution in [1.82, 2.24) is 4.90 Å². The zero-order chi connectivity index (χ0) is 30.2. The number of ether oxygens (including phenoxy) is 1. The molecule has 216 valence electrons. The number of benzene rings is 3. The first-order valence-electron chi connectivity index (χ1n) is 11.8. The third-order valence-corrected chi connectivity index (χ3v) is 7.10. The third-order valence-electron chi connectivity index (χ3n) is 6.30. The maximum absolute atomic E-state index is 13.8. The highest BCUT2D eigenvalue weighted by Crippen LogP contribution is 2.43. The van der Waals surface area contributed by atoms with Gasteiger partial charge in [-0.15, -0.1) is 0 Å². The van der Waals surface area contributed by atoms with Crippen molar-refractivity contribution in [3.05, 3.63) is 111 Å². The number of hydrogen-bond donors (Lipinski definition) is 1. The molecule has 3 aromatic rings. The van der Waals surface area contributed by atoms with Crippen LogP contribution >= 0.6 is 23.2 Å². The molecule has 41 heavy (non-hydrogen) atoms. The predicted molar refractivity (Wildman–Crippen MR) is 138 cm³/mol. The Morgan fingerprint density at radius 1 is 0.927 bits per heavy atom. The fraction of sp³-hybridized carbons (Fsp3) is 0.214. The summed E-state index contributed by atoms with van der Waals surface area (Å²) in [6.45, 7) is -0.200. The Labute approximate surface area is 239 Å². The molecule has 0 aromatic heterocycles. The second-order valence-corrected chi connectivity index (χ2v) is 10.0. The summed E-state index contributed by atoms with van der Waals surface area (Å²) in [5.74, 6) is -1.16. The van der Waals surface area contributed by atoms with E-state index in [0.29, 0.717) is 11.6 Å². The van der Waals surface area contributed by atoms with Crippen molar-refractivity contribution in [2.45, 2.75) is 24.6 Å². The number of rotatable bonds is 6. The Balaban J connectivity index is 1.49. The van der Waals surface area contributed by atoms with Gasteiger partial charge in [0.25, 0.3) is 0 Å². The van der Waals surface area contributed by atoms with Crippen LogP contribution < -0.4 is 0 Å². The number of amides is 1. The van der Waals surface area contributed by atoms with E-state index >= 15 is 0 Å². The number of allylic oxidation sites excluding steroid dienone is 2. The van der Waals surface area contributed by atoms with Gasteiger partial charge < -0.3 is 14.7 Å². The highest BCUT2D eigenvalue weighted by Gasteiger charge is 2.46. The molecule has 13 heteroatoms. The molecule has 1 saturated heterocycles. The van der Waals surface area contributed by atoms with Gasteiger partial charge in [-0.25, -0.2) is 4.79 Å². The lowest BCUT2D eigenvalue weighted by Crippen LogP contribution is -2.61. The summed E-state index contributed by atoms with van der Waals surface area (Å²) >= 11 is 11.2. The first-order valence-corrected chi connectivity index (χ1v) is 12.5. The maximum Gasteiger partial charge on any atom is 0.417 e. The number of halogens is 8. The molecule has 0 unspecified atom stereocenters. The van der Waals surface area contributed by atoms with Crippen molar-refractivity contribution >= 4 is 40.7 Å². The lowest BCUT2D eigenvalue weighted by atomic mass is 9.86. The van der Waals surface area contributed by atoms with Crippen LogP contribution in [0.3, 0.4) is 0 Å². The summed E-state index contributed by atoms with van der Waals surface area (Å²) in [6.07, 6.45) is -10.8. The van der Waals surface area contributed by atoms with Gasteiger partial charge in [-0.2, -0.15) is 26.3 Å². The quantitative estimate of drug-likeness (QED) is 0.175. The number of ketones is 1. The normalized spacial score (nSPS) is 15.3. The standard InChI is InChI=1S/C28H19Cl2F6NO4/c29-22-11-18(10-21(24(22)30)28(34,35)36)20(27(31,32)33)12-23(38)17-6-8-19(9-7-17)26(40)14-37(15-26)25(39)41-13-16-4-2-1-3-5-16/h1-12,40H,13-15H2/b20-12-. The summed E-state index contributed by atoms with van der Waals surface area (Å²) in [5, 5.41) is 9.11. The SMILES string of the molecule is O=C(/C=C(/c1cc(Cl)c(Cl)c(C(F)(F)F)c1)C(F)(F)F)c1ccc(C2(O)CN(C(=O)OCc3ccccc3)C2)cc1. The van der Waals surface area contributed by atoms with E-state index in [-0.39, 0.29) is 37.4 Å². The molecule has 0 bridgehead atoms. The van der Waals surface area contributed by atoms with Gasteiger partial charge in [0, 0.05) is 5.56 Å². The van der Waals surface area contributed by atoms with Crippen LogP contribution in [-0.2, 0) is 23.1 Å². The van der Waals surface area contributed by atoms with E-state index in [1.807, 2.05) is 6.07 Å². The second-order valence-electron chi connectivity index (χ2n) is 9.24. The molecule has 0 aliphatic carbocycles. The zero-order valence-electron chi connectivity index (χ0n) is 20.7. The number of β-amino-alcohol motifs (C(OH)–C–C–N with tert-alkyl or cyclic N) is 1. The molecule has 0 saturated carbocycles. The first-order chi connectivity index (χ1) is 19.1. The van der Waals surface area contributed by atoms with E-state index in [9.17, 15) is 41.0 Å². The van der Waals surface area contributed by atoms with E-state index in [4.69, 9.17) is 27.9 Å². The summed E-state index contributed by atoms with van der Waals surface area (Å²) in [5.41, 5.74) is -4.87. The molecule has 1 fully saturated rings. The topological polar surface area (TPSA) is 66.8 Å². The average Bonchev–Trinajstić information content (AvgIpc) is 2.89. The first kappa shape index (κ1) is 30.4. The van der Waals surface area contributed by atoms with Crippen molar-refractivity contribution in [3.63, 3.8) is 0 Å². The van der Waals surface area contributed by atoms with Crippen LogP contribution in [0.2, 0.25) is 10.0 Å². The number of carbonyl (C=O) groups excluding carboxylic acids is 2. The van der Waals surface area contributed by atoms with Crippen LogP contribution in [0.4, 0.5) is 31.1 Å². The minimum atomic E-state index is -5.21. The van der Waals surface area contributed by atoms with Crippen LogP contribution in [0.1, 0.15) is 32.6 Å². The fourth-order valence-electron chi connectivity index (χ4n) is 4.15. The number of alkyl halides is 6. The van der Waals surface area contributed by atoms with Crippen LogP contribution in [0, 0.1) is 0 Å². The van der Waals surface area contributed by atoms with Crippen molar-refractivity contribution in [2.24, 2.45) is 0 Å². The van der Waals surface area contributed by atoms with Crippen molar-refractivity contribution < 1.29 is 45.8 Å². The number of nitrogens with zero attached hydrogens (tertiary/aromatic N) is 1. The third kappa shape index (κ3) is 6.86. The average molecular weight is 618 g/mol. The molecule has 3 aromatic carbocycles. The lowest BCUT2D eigenvalue weighted by molar-refractivity contribution is -0.137. The van der Waals surface area contributed by atoms with Gasteiger partial charge in [0.1, 0.15) is 12.2 Å². The van der Waals surface area contributed by atoms with Gasteiger partial charge in [0.15, 0.2) is 5.78 Å². The van der Waals surface area contributed by atoms with Crippen molar-refractivity contribution in [1.29, 1.82) is 0 Å². The van der Waals surface area contributed by atoms with E-state index in [0.717, 1.165) is 17.7 Å². The molecule has 0 atom stereocenters. The molecular formula is C28H19Cl2F6NO4. The van der Waals surface area contributed by atoms with Crippen LogP contribution in [-0.4, -0.2) is 41.1 Å². The minimum Gasteiger partial charge on any atom is -0.445 e. The van der Waals surface area contributed by atoms with Gasteiger partial charge in [-0.3, -0.25) is 4.79 Å². The molecule has 1 N–H and O–H groups in total. The Kier molecular flexibility index (Phi) is 8.45. The molecule has 1 aliphatic rings. The van der Waals surface area contributed by atoms with Crippen LogP contribution in [0.5, 0.6) is 0 Å². The molecular weight excluding hydrogens is 599 g/mol. The summed E-state index contributed by atoms with van der Waals surface area (Å²) < 4.78 is 86.5. The smallest absolute Gasteiger partial charge is 0.417 e. The predicted octanol–water partition coefficient (Wildman–Crippen LogP) is 7.68. The maximum atomic E-state index is 13.8. The Hall–Kier alpha value is -3.54. The Morgan fingerprint density at radius 2 is 1.54 bits per heavy atom. The fourth-order valence-corrected chi connectivity index (χ4v) is 4.58. The lowest BCUT2D eigenvalue weighted by Gasteiger charge is -2.45. The number of hydrogen-bond acceptors (Lipinski definition) is 4. The van der Waals surface area contributed by atoms with Gasteiger partial charge in [-0.05, 0) is 34.9 Å². The van der Waals surface area contributed by atoms with Crippen LogP contribution in [0.25, 0.3) is 5.57 Å². The highest BCUT2D eigenvalue weighted by atomic mass is 35.5. The van der Waals surface area contributed by atoms with E-state index in [2.05, 4.69) is 0 Å². The van der Waals surface area contributed by atoms with Crippen molar-refractivity contribution in [2.75, 3.05) is 13.1 Å². The highest BCUT2D eigenvalue weighted by molar-refractivity contribution is 6.42. The van der Waals surface area contributed by atoms with Crippen LogP contribution in [0.15, 0.2) is 72.8 Å². The molecule has 1 amide bonds. The zero-order valence-corrected chi connectivity index (χ0v) is 22.2. The van der Waals surface area contributed by atoms with E-state index in [1.165, 1.54) is 17.0 Å². The van der Waals surface area contributed by atoms with E-state index < -0.39 is 56.6 Å². The Bertz CT molecular complexity index is 1480. The number of carbonyl (C=O) groups is 2. The molecule has 4 rings (SSSR count). The molecule has 5 nitrogen and oxygen atoms in total. The van der Waals surface area contributed by atoms with Gasteiger partial charge in [0.2, 0.25) is 0 Å². The molecule has 0 spiro atoms. The summed E-state index contributed by atoms with van der Waals surface area (Å²) in [4.78, 5) is 26.2. The minimum absolute atomic E-state index is 0.0403. The molecule has 0 radical (unpaired) electrons. The number of aliphatic hydroxyl groups is 1. The summed E-state index contributed by atoms with van der Waals surface area (Å²) in [6, 6.07) is 14.6. The largest absolute Gasteiger partial charge is 0.445 e. The summed E-state index contributed by atoms with van der Waals surface area (Å²) in [7, 11) is 0.